The van der Waals surface area contributed by atoms with E-state index in [0.717, 1.165) is 33.2 Å². The maximum absolute atomic E-state index is 9.04. The predicted octanol–water partition coefficient (Wildman–Crippen LogP) is 13.2. The van der Waals surface area contributed by atoms with E-state index in [1.165, 1.54) is 6.92 Å². The van der Waals surface area contributed by atoms with Gasteiger partial charge in [0.05, 0.1) is 47.1 Å². The van der Waals surface area contributed by atoms with Crippen molar-refractivity contribution in [3.8, 4) is 50.9 Å². The van der Waals surface area contributed by atoms with E-state index in [0.29, 0.717) is 28.2 Å². The summed E-state index contributed by atoms with van der Waals surface area (Å²) < 4.78 is 117. The summed E-state index contributed by atoms with van der Waals surface area (Å²) in [5.41, 5.74) is 4.48. The molecule has 10 rings (SSSR count). The molecular formula is C54H44N4O. The third-order valence-corrected chi connectivity index (χ3v) is 10.5. The van der Waals surface area contributed by atoms with Gasteiger partial charge in [-0.15, -0.1) is 0 Å². The second kappa shape index (κ2) is 14.6. The normalized spacial score (nSPS) is 14.9. The Balaban J connectivity index is 1.20. The fourth-order valence-electron chi connectivity index (χ4n) is 7.69. The fourth-order valence-corrected chi connectivity index (χ4v) is 7.69. The van der Waals surface area contributed by atoms with Crippen molar-refractivity contribution in [2.75, 3.05) is 0 Å². The van der Waals surface area contributed by atoms with Crippen molar-refractivity contribution >= 4 is 32.8 Å². The van der Waals surface area contributed by atoms with E-state index in [2.05, 4.69) is 49.9 Å². The topological polar surface area (TPSA) is 35.9 Å². The Hall–Kier alpha value is -7.24. The Morgan fingerprint density at radius 3 is 2.07 bits per heavy atom. The molecule has 0 spiro atoms. The van der Waals surface area contributed by atoms with Crippen molar-refractivity contribution in [2.24, 2.45) is 0 Å². The van der Waals surface area contributed by atoms with Gasteiger partial charge in [0.25, 0.3) is 6.33 Å². The van der Waals surface area contributed by atoms with Gasteiger partial charge in [-0.3, -0.25) is 13.7 Å². The van der Waals surface area contributed by atoms with Gasteiger partial charge in [-0.2, -0.15) is 0 Å². The molecule has 5 nitrogen and oxygen atoms in total. The van der Waals surface area contributed by atoms with Gasteiger partial charge in [0.1, 0.15) is 17.3 Å². The van der Waals surface area contributed by atoms with E-state index in [1.807, 2.05) is 48.7 Å². The molecule has 0 unspecified atom stereocenters. The van der Waals surface area contributed by atoms with Gasteiger partial charge in [0, 0.05) is 25.8 Å². The molecule has 5 heteroatoms. The zero-order valence-corrected chi connectivity index (χ0v) is 32.7. The SMILES string of the molecule is [2H]c1c([2H])c([2H])c(-c2cccc(-c3c([2H])c([2H])c([2H])c([2H])c3[2H])c2-[n+]2[c-]n(-c3cc(Oc4ccc5c6ccccc6n(-c6cc(C(C)(C)C)ccn6)c5c4)cc(C([2H])([2H])C)c3)c3ccccc32)c([2H])c1[2H]. The van der Waals surface area contributed by atoms with E-state index in [9.17, 15) is 0 Å². The summed E-state index contributed by atoms with van der Waals surface area (Å²) in [5.74, 6) is 1.52. The number of rotatable bonds is 8. The molecule has 3 aromatic heterocycles. The first-order valence-electron chi connectivity index (χ1n) is 25.2. The fraction of sp³-hybridized carbons (Fsp3) is 0.111. The largest absolute Gasteiger partial charge is 0.458 e. The van der Waals surface area contributed by atoms with Gasteiger partial charge >= 0.3 is 0 Å². The minimum atomic E-state index is -1.87. The minimum absolute atomic E-state index is 0.103. The monoisotopic (exact) mass is 776 g/mol. The lowest BCUT2D eigenvalue weighted by Gasteiger charge is -2.20. The average molecular weight is 777 g/mol. The van der Waals surface area contributed by atoms with Crippen molar-refractivity contribution in [3.63, 3.8) is 0 Å². The van der Waals surface area contributed by atoms with Crippen molar-refractivity contribution < 1.29 is 25.8 Å². The summed E-state index contributed by atoms with van der Waals surface area (Å²) in [7, 11) is 0. The number of imidazole rings is 1. The minimum Gasteiger partial charge on any atom is -0.458 e. The summed E-state index contributed by atoms with van der Waals surface area (Å²) >= 11 is 0. The van der Waals surface area contributed by atoms with Gasteiger partial charge in [-0.25, -0.2) is 4.98 Å². The van der Waals surface area contributed by atoms with Crippen LogP contribution in [0.25, 0.3) is 72.3 Å². The van der Waals surface area contributed by atoms with Gasteiger partial charge < -0.3 is 4.74 Å². The number of fused-ring (bicyclic) bond motifs is 4. The molecule has 0 atom stereocenters. The first-order valence-corrected chi connectivity index (χ1v) is 19.2. The number of para-hydroxylation sites is 4. The molecule has 0 aliphatic carbocycles. The van der Waals surface area contributed by atoms with Gasteiger partial charge in [0.15, 0.2) is 0 Å². The predicted molar refractivity (Wildman–Crippen MR) is 241 cm³/mol. The molecule has 0 radical (unpaired) electrons. The molecule has 10 aromatic rings. The van der Waals surface area contributed by atoms with E-state index < -0.39 is 66.8 Å². The highest BCUT2D eigenvalue weighted by molar-refractivity contribution is 6.09. The summed E-state index contributed by atoms with van der Waals surface area (Å²) in [6, 6.07) is 29.4. The smallest absolute Gasteiger partial charge is 0.269 e. The molecule has 0 saturated heterocycles. The number of hydrogen-bond acceptors (Lipinski definition) is 2. The van der Waals surface area contributed by atoms with Crippen molar-refractivity contribution in [3.05, 3.63) is 199 Å². The highest BCUT2D eigenvalue weighted by atomic mass is 16.5. The Bertz CT molecular complexity index is 3700. The molecule has 0 bridgehead atoms. The number of hydrogen-bond donors (Lipinski definition) is 0. The summed E-state index contributed by atoms with van der Waals surface area (Å²) in [6.07, 6.45) is 3.34. The van der Waals surface area contributed by atoms with Crippen LogP contribution < -0.4 is 9.30 Å². The number of pyridine rings is 1. The lowest BCUT2D eigenvalue weighted by atomic mass is 9.88. The van der Waals surface area contributed by atoms with Crippen LogP contribution in [0.3, 0.4) is 0 Å². The van der Waals surface area contributed by atoms with Gasteiger partial charge in [-0.1, -0.05) is 149 Å². The molecular weight excluding hydrogens is 721 g/mol. The van der Waals surface area contributed by atoms with E-state index in [1.54, 1.807) is 63.7 Å². The maximum atomic E-state index is 9.04. The second-order valence-electron chi connectivity index (χ2n) is 15.2. The maximum Gasteiger partial charge on any atom is 0.269 e. The van der Waals surface area contributed by atoms with Crippen molar-refractivity contribution in [2.45, 2.75) is 39.5 Å². The van der Waals surface area contributed by atoms with Crippen LogP contribution in [0.1, 0.15) is 55.3 Å². The van der Waals surface area contributed by atoms with E-state index >= 15 is 0 Å². The third kappa shape index (κ3) is 6.55. The van der Waals surface area contributed by atoms with Crippen LogP contribution in [0.15, 0.2) is 182 Å². The number of nitrogens with zero attached hydrogens (tertiary/aromatic N) is 4. The quantitative estimate of drug-likeness (QED) is 0.114. The highest BCUT2D eigenvalue weighted by Gasteiger charge is 2.21. The molecule has 0 aliphatic heterocycles. The third-order valence-electron chi connectivity index (χ3n) is 10.5. The summed E-state index contributed by atoms with van der Waals surface area (Å²) in [6.45, 7) is 7.92. The molecule has 59 heavy (non-hydrogen) atoms. The molecule has 0 saturated carbocycles. The lowest BCUT2D eigenvalue weighted by Crippen LogP contribution is -2.31. The Morgan fingerprint density at radius 1 is 0.678 bits per heavy atom. The molecule has 286 valence electrons. The number of ether oxygens (including phenoxy) is 1. The molecule has 0 aliphatic rings. The first-order chi connectivity index (χ1) is 33.6. The van der Waals surface area contributed by atoms with Crippen LogP contribution in [0.5, 0.6) is 11.5 Å². The summed E-state index contributed by atoms with van der Waals surface area (Å²) in [5, 5.41) is 2.02. The number of aromatic nitrogens is 4. The lowest BCUT2D eigenvalue weighted by molar-refractivity contribution is -0.571. The zero-order valence-electron chi connectivity index (χ0n) is 44.7. The average Bonchev–Trinajstić information content (AvgIpc) is 3.89. The molecule has 3 heterocycles. The van der Waals surface area contributed by atoms with E-state index in [-0.39, 0.29) is 38.9 Å². The molecule has 7 aromatic carbocycles. The second-order valence-corrected chi connectivity index (χ2v) is 15.2. The Morgan fingerprint density at radius 2 is 1.36 bits per heavy atom. The van der Waals surface area contributed by atoms with Crippen molar-refractivity contribution in [1.29, 1.82) is 0 Å². The number of aryl methyl sites for hydroxylation is 1. The van der Waals surface area contributed by atoms with Crippen LogP contribution in [0, 0.1) is 6.33 Å². The molecule has 0 amide bonds. The van der Waals surface area contributed by atoms with Gasteiger partial charge in [-0.05, 0) is 93.7 Å². The van der Waals surface area contributed by atoms with Crippen LogP contribution in [-0.2, 0) is 11.8 Å². The zero-order chi connectivity index (χ0) is 50.6. The standard InChI is InChI=1S/C54H44N4O/c1-5-37-31-41(34-43(32-37)59-42-27-28-47-46-21-12-13-24-48(46)58(51(47)35-42)52-33-40(29-30-55-52)54(2,3)4)56-36-57(50-26-15-14-25-49(50)56)53-44(38-17-8-6-9-18-38)22-16-23-45(53)39-19-10-7-11-20-39/h6-35H,5H2,1-4H3/i5D2,6D,7D,8D,9D,10D,11D,17D,18D,19D,20D. The summed E-state index contributed by atoms with van der Waals surface area (Å²) in [4.78, 5) is 4.81. The van der Waals surface area contributed by atoms with Crippen molar-refractivity contribution in [1.82, 2.24) is 14.1 Å². The van der Waals surface area contributed by atoms with Gasteiger partial charge in [0.2, 0.25) is 0 Å². The Labute approximate surface area is 361 Å². The first kappa shape index (κ1) is 25.2. The van der Waals surface area contributed by atoms with Crippen LogP contribution in [0.2, 0.25) is 0 Å². The van der Waals surface area contributed by atoms with Crippen LogP contribution in [-0.4, -0.2) is 14.1 Å². The van der Waals surface area contributed by atoms with Crippen LogP contribution in [0.4, 0.5) is 0 Å². The molecule has 0 N–H and O–H groups in total. The van der Waals surface area contributed by atoms with Crippen LogP contribution >= 0.6 is 0 Å². The molecule has 0 fully saturated rings. The number of benzene rings is 7. The highest BCUT2D eigenvalue weighted by Crippen LogP contribution is 2.38. The Kier molecular flexibility index (Phi) is 6.24. The van der Waals surface area contributed by atoms with E-state index in [4.69, 9.17) is 26.2 Å².